The molecule has 0 amide bonds. The second-order valence-electron chi connectivity index (χ2n) is 5.01. The zero-order chi connectivity index (χ0) is 13.8. The predicted octanol–water partition coefficient (Wildman–Crippen LogP) is 3.70. The van der Waals surface area contributed by atoms with Gasteiger partial charge in [-0.05, 0) is 30.5 Å². The number of methoxy groups -OCH3 is 1. The van der Waals surface area contributed by atoms with Gasteiger partial charge in [-0.15, -0.1) is 10.2 Å². The highest BCUT2D eigenvalue weighted by atomic mass is 32.2. The van der Waals surface area contributed by atoms with Gasteiger partial charge in [0.25, 0.3) is 5.22 Å². The van der Waals surface area contributed by atoms with Crippen molar-refractivity contribution in [2.75, 3.05) is 7.11 Å². The number of ether oxygens (including phenoxy) is 1. The molecule has 4 nitrogen and oxygen atoms in total. The smallest absolute Gasteiger partial charge is 0.276 e. The Morgan fingerprint density at radius 1 is 1.30 bits per heavy atom. The van der Waals surface area contributed by atoms with Gasteiger partial charge in [-0.3, -0.25) is 0 Å². The molecule has 1 aromatic carbocycles. The van der Waals surface area contributed by atoms with Gasteiger partial charge in [-0.1, -0.05) is 36.7 Å². The Balaban J connectivity index is 1.63. The van der Waals surface area contributed by atoms with Crippen LogP contribution in [0, 0.1) is 0 Å². The van der Waals surface area contributed by atoms with E-state index in [1.54, 1.807) is 18.9 Å². The monoisotopic (exact) mass is 290 g/mol. The van der Waals surface area contributed by atoms with Crippen molar-refractivity contribution < 1.29 is 9.15 Å². The Kier molecular flexibility index (Phi) is 4.25. The minimum Gasteiger partial charge on any atom is -0.497 e. The van der Waals surface area contributed by atoms with Crippen molar-refractivity contribution in [1.29, 1.82) is 0 Å². The molecule has 0 aliphatic heterocycles. The summed E-state index contributed by atoms with van der Waals surface area (Å²) in [6.45, 7) is 0. The Labute approximate surface area is 122 Å². The van der Waals surface area contributed by atoms with Crippen LogP contribution in [0.3, 0.4) is 0 Å². The van der Waals surface area contributed by atoms with E-state index >= 15 is 0 Å². The van der Waals surface area contributed by atoms with Crippen LogP contribution < -0.4 is 4.74 Å². The second-order valence-corrected chi connectivity index (χ2v) is 6.27. The van der Waals surface area contributed by atoms with Crippen molar-refractivity contribution in [1.82, 2.24) is 10.2 Å². The molecule has 1 saturated carbocycles. The number of nitrogens with zero attached hydrogens (tertiary/aromatic N) is 2. The molecule has 0 bridgehead atoms. The molecule has 5 heteroatoms. The number of aromatic nitrogens is 2. The van der Waals surface area contributed by atoms with Gasteiger partial charge in [0.15, 0.2) is 0 Å². The maximum absolute atomic E-state index is 5.72. The fourth-order valence-corrected chi connectivity index (χ4v) is 3.55. The highest BCUT2D eigenvalue weighted by Crippen LogP contribution is 2.34. The lowest BCUT2D eigenvalue weighted by Crippen LogP contribution is -1.92. The lowest BCUT2D eigenvalue weighted by Gasteiger charge is -2.03. The summed E-state index contributed by atoms with van der Waals surface area (Å²) in [5.74, 6) is 1.52. The van der Waals surface area contributed by atoms with Crippen LogP contribution in [-0.2, 0) is 6.42 Å². The third-order valence-corrected chi connectivity index (χ3v) is 4.68. The van der Waals surface area contributed by atoms with Gasteiger partial charge >= 0.3 is 0 Å². The van der Waals surface area contributed by atoms with Gasteiger partial charge in [0.2, 0.25) is 5.89 Å². The third kappa shape index (κ3) is 3.33. The average Bonchev–Trinajstić information content (AvgIpc) is 3.12. The van der Waals surface area contributed by atoms with E-state index in [4.69, 9.17) is 9.15 Å². The van der Waals surface area contributed by atoms with E-state index in [2.05, 4.69) is 10.2 Å². The average molecular weight is 290 g/mol. The molecule has 3 rings (SSSR count). The summed E-state index contributed by atoms with van der Waals surface area (Å²) in [5.41, 5.74) is 1.12. The molecule has 1 heterocycles. The first-order chi connectivity index (χ1) is 9.83. The maximum Gasteiger partial charge on any atom is 0.276 e. The lowest BCUT2D eigenvalue weighted by molar-refractivity contribution is 0.411. The molecular weight excluding hydrogens is 272 g/mol. The first kappa shape index (κ1) is 13.5. The Hall–Kier alpha value is -1.49. The standard InChI is InChI=1S/C15H18N2O2S/c1-18-12-6-4-5-11(9-12)10-14-16-17-15(19-14)20-13-7-2-3-8-13/h4-6,9,13H,2-3,7-8,10H2,1H3. The quantitative estimate of drug-likeness (QED) is 0.840. The van der Waals surface area contributed by atoms with Gasteiger partial charge in [-0.2, -0.15) is 0 Å². The van der Waals surface area contributed by atoms with Crippen LogP contribution in [0.15, 0.2) is 33.9 Å². The molecule has 1 fully saturated rings. The van der Waals surface area contributed by atoms with Gasteiger partial charge < -0.3 is 9.15 Å². The van der Waals surface area contributed by atoms with Crippen LogP contribution in [0.4, 0.5) is 0 Å². The molecule has 0 N–H and O–H groups in total. The molecule has 0 atom stereocenters. The largest absolute Gasteiger partial charge is 0.497 e. The fraction of sp³-hybridized carbons (Fsp3) is 0.467. The molecule has 0 spiro atoms. The summed E-state index contributed by atoms with van der Waals surface area (Å²) in [7, 11) is 1.67. The van der Waals surface area contributed by atoms with Crippen molar-refractivity contribution >= 4 is 11.8 Å². The molecular formula is C15H18N2O2S. The molecule has 2 aromatic rings. The molecule has 0 unspecified atom stereocenters. The van der Waals surface area contributed by atoms with E-state index in [1.165, 1.54) is 25.7 Å². The predicted molar refractivity (Wildman–Crippen MR) is 78.2 cm³/mol. The molecule has 1 aliphatic rings. The van der Waals surface area contributed by atoms with Gasteiger partial charge in [0, 0.05) is 5.25 Å². The van der Waals surface area contributed by atoms with E-state index in [1.807, 2.05) is 24.3 Å². The Morgan fingerprint density at radius 3 is 2.95 bits per heavy atom. The molecule has 0 saturated heterocycles. The Morgan fingerprint density at radius 2 is 2.15 bits per heavy atom. The van der Waals surface area contributed by atoms with E-state index in [0.717, 1.165) is 11.3 Å². The van der Waals surface area contributed by atoms with Crippen molar-refractivity contribution in [3.05, 3.63) is 35.7 Å². The summed E-state index contributed by atoms with van der Waals surface area (Å²) < 4.78 is 10.9. The van der Waals surface area contributed by atoms with Crippen LogP contribution in [0.25, 0.3) is 0 Å². The highest BCUT2D eigenvalue weighted by molar-refractivity contribution is 7.99. The van der Waals surface area contributed by atoms with Crippen molar-refractivity contribution in [3.8, 4) is 5.75 Å². The number of benzene rings is 1. The normalized spacial score (nSPS) is 15.7. The SMILES string of the molecule is COc1cccc(Cc2nnc(SC3CCCC3)o2)c1. The molecule has 20 heavy (non-hydrogen) atoms. The topological polar surface area (TPSA) is 48.2 Å². The maximum atomic E-state index is 5.72. The highest BCUT2D eigenvalue weighted by Gasteiger charge is 2.19. The summed E-state index contributed by atoms with van der Waals surface area (Å²) in [6.07, 6.45) is 5.82. The molecule has 1 aliphatic carbocycles. The lowest BCUT2D eigenvalue weighted by atomic mass is 10.1. The zero-order valence-electron chi connectivity index (χ0n) is 11.5. The van der Waals surface area contributed by atoms with Gasteiger partial charge in [-0.25, -0.2) is 0 Å². The van der Waals surface area contributed by atoms with Crippen LogP contribution in [0.1, 0.15) is 37.1 Å². The van der Waals surface area contributed by atoms with Crippen LogP contribution in [0.5, 0.6) is 5.75 Å². The summed E-state index contributed by atoms with van der Waals surface area (Å²) in [6, 6.07) is 7.93. The fourth-order valence-electron chi connectivity index (χ4n) is 2.46. The Bertz CT molecular complexity index is 565. The minimum atomic E-state index is 0.648. The molecule has 106 valence electrons. The minimum absolute atomic E-state index is 0.648. The molecule has 1 aromatic heterocycles. The molecule has 0 radical (unpaired) electrons. The van der Waals surface area contributed by atoms with Crippen molar-refractivity contribution in [3.63, 3.8) is 0 Å². The van der Waals surface area contributed by atoms with Crippen molar-refractivity contribution in [2.24, 2.45) is 0 Å². The van der Waals surface area contributed by atoms with Gasteiger partial charge in [0.1, 0.15) is 5.75 Å². The van der Waals surface area contributed by atoms with E-state index in [-0.39, 0.29) is 0 Å². The zero-order valence-corrected chi connectivity index (χ0v) is 12.4. The van der Waals surface area contributed by atoms with Gasteiger partial charge in [0.05, 0.1) is 13.5 Å². The number of thioether (sulfide) groups is 1. The van der Waals surface area contributed by atoms with Crippen LogP contribution >= 0.6 is 11.8 Å². The summed E-state index contributed by atoms with van der Waals surface area (Å²) >= 11 is 1.73. The van der Waals surface area contributed by atoms with Crippen LogP contribution in [0.2, 0.25) is 0 Å². The summed E-state index contributed by atoms with van der Waals surface area (Å²) in [4.78, 5) is 0. The summed E-state index contributed by atoms with van der Waals surface area (Å²) in [5, 5.41) is 9.62. The number of hydrogen-bond acceptors (Lipinski definition) is 5. The second kappa shape index (κ2) is 6.31. The number of hydrogen-bond donors (Lipinski definition) is 0. The first-order valence-electron chi connectivity index (χ1n) is 6.95. The van der Waals surface area contributed by atoms with Crippen LogP contribution in [-0.4, -0.2) is 22.6 Å². The van der Waals surface area contributed by atoms with E-state index in [0.29, 0.717) is 22.8 Å². The number of rotatable bonds is 5. The van der Waals surface area contributed by atoms with E-state index < -0.39 is 0 Å². The first-order valence-corrected chi connectivity index (χ1v) is 7.83. The third-order valence-electron chi connectivity index (χ3n) is 3.51. The van der Waals surface area contributed by atoms with Crippen molar-refractivity contribution in [2.45, 2.75) is 42.6 Å². The van der Waals surface area contributed by atoms with E-state index in [9.17, 15) is 0 Å².